The van der Waals surface area contributed by atoms with Crippen molar-refractivity contribution in [2.24, 2.45) is 0 Å². The molecule has 0 radical (unpaired) electrons. The first-order chi connectivity index (χ1) is 10.7. The van der Waals surface area contributed by atoms with Gasteiger partial charge in [-0.1, -0.05) is 18.2 Å². The van der Waals surface area contributed by atoms with E-state index in [-0.39, 0.29) is 0 Å². The summed E-state index contributed by atoms with van der Waals surface area (Å²) in [6.45, 7) is 3.97. The smallest absolute Gasteiger partial charge is 0.219 e. The van der Waals surface area contributed by atoms with Gasteiger partial charge < -0.3 is 9.47 Å². The number of ether oxygens (including phenoxy) is 2. The number of hydrogen-bond donors (Lipinski definition) is 0. The highest BCUT2D eigenvalue weighted by Crippen LogP contribution is 2.30. The molecule has 22 heavy (non-hydrogen) atoms. The fourth-order valence-electron chi connectivity index (χ4n) is 1.91. The molecule has 4 nitrogen and oxygen atoms in total. The van der Waals surface area contributed by atoms with Crippen molar-refractivity contribution in [2.45, 2.75) is 13.8 Å². The van der Waals surface area contributed by atoms with Crippen LogP contribution in [-0.4, -0.2) is 9.97 Å². The van der Waals surface area contributed by atoms with Gasteiger partial charge in [0.05, 0.1) is 0 Å². The van der Waals surface area contributed by atoms with Gasteiger partial charge in [0.25, 0.3) is 0 Å². The van der Waals surface area contributed by atoms with E-state index >= 15 is 0 Å². The van der Waals surface area contributed by atoms with E-state index in [9.17, 15) is 0 Å². The van der Waals surface area contributed by atoms with Gasteiger partial charge in [0.2, 0.25) is 11.8 Å². The van der Waals surface area contributed by atoms with Gasteiger partial charge >= 0.3 is 0 Å². The molecule has 0 amide bonds. The number of pyridine rings is 2. The Morgan fingerprint density at radius 2 is 1.68 bits per heavy atom. The van der Waals surface area contributed by atoms with Crippen molar-refractivity contribution in [1.29, 1.82) is 0 Å². The van der Waals surface area contributed by atoms with E-state index in [4.69, 9.17) is 9.47 Å². The van der Waals surface area contributed by atoms with Crippen LogP contribution in [0.25, 0.3) is 0 Å². The van der Waals surface area contributed by atoms with Gasteiger partial charge in [-0.05, 0) is 37.1 Å². The highest BCUT2D eigenvalue weighted by atomic mass is 16.5. The molecule has 0 saturated carbocycles. The lowest BCUT2D eigenvalue weighted by Gasteiger charge is -2.10. The lowest BCUT2D eigenvalue weighted by molar-refractivity contribution is 0.439. The zero-order chi connectivity index (χ0) is 15.4. The predicted molar refractivity (Wildman–Crippen MR) is 84.5 cm³/mol. The fourth-order valence-corrected chi connectivity index (χ4v) is 1.91. The molecule has 1 aromatic carbocycles. The van der Waals surface area contributed by atoms with E-state index < -0.39 is 0 Å². The normalized spacial score (nSPS) is 10.3. The summed E-state index contributed by atoms with van der Waals surface area (Å²) < 4.78 is 11.6. The molecule has 2 heterocycles. The molecular formula is C18H16N2O2. The fraction of sp³-hybridized carbons (Fsp3) is 0.111. The first-order valence-corrected chi connectivity index (χ1v) is 7.01. The second-order valence-corrected chi connectivity index (χ2v) is 4.97. The number of rotatable bonds is 4. The molecule has 2 aromatic heterocycles. The van der Waals surface area contributed by atoms with Crippen LogP contribution >= 0.6 is 0 Å². The zero-order valence-electron chi connectivity index (χ0n) is 12.5. The highest BCUT2D eigenvalue weighted by molar-refractivity contribution is 5.42. The summed E-state index contributed by atoms with van der Waals surface area (Å²) in [6, 6.07) is 15.0. The Labute approximate surface area is 129 Å². The van der Waals surface area contributed by atoms with Crippen molar-refractivity contribution in [3.05, 3.63) is 72.1 Å². The average molecular weight is 292 g/mol. The van der Waals surface area contributed by atoms with Crippen LogP contribution < -0.4 is 9.47 Å². The summed E-state index contributed by atoms with van der Waals surface area (Å²) in [5.41, 5.74) is 2.10. The van der Waals surface area contributed by atoms with Gasteiger partial charge in [0.15, 0.2) is 0 Å². The lowest BCUT2D eigenvalue weighted by atomic mass is 10.2. The Morgan fingerprint density at radius 3 is 2.41 bits per heavy atom. The quantitative estimate of drug-likeness (QED) is 0.700. The molecule has 0 saturated heterocycles. The second-order valence-electron chi connectivity index (χ2n) is 4.97. The Hall–Kier alpha value is -2.88. The maximum Gasteiger partial charge on any atom is 0.219 e. The first-order valence-electron chi connectivity index (χ1n) is 7.01. The van der Waals surface area contributed by atoms with Crippen molar-refractivity contribution >= 4 is 0 Å². The van der Waals surface area contributed by atoms with Gasteiger partial charge in [0, 0.05) is 30.6 Å². The van der Waals surface area contributed by atoms with E-state index in [0.29, 0.717) is 23.3 Å². The molecule has 0 N–H and O–H groups in total. The number of aryl methyl sites for hydroxylation is 2. The van der Waals surface area contributed by atoms with Crippen molar-refractivity contribution in [2.75, 3.05) is 0 Å². The summed E-state index contributed by atoms with van der Waals surface area (Å²) >= 11 is 0. The Bertz CT molecular complexity index is 756. The Morgan fingerprint density at radius 1 is 0.818 bits per heavy atom. The number of aromatic nitrogens is 2. The molecule has 4 heteroatoms. The summed E-state index contributed by atoms with van der Waals surface area (Å²) in [4.78, 5) is 8.40. The van der Waals surface area contributed by atoms with Gasteiger partial charge in [-0.25, -0.2) is 9.97 Å². The van der Waals surface area contributed by atoms with Crippen molar-refractivity contribution in [3.8, 4) is 23.3 Å². The monoisotopic (exact) mass is 292 g/mol. The predicted octanol–water partition coefficient (Wildman–Crippen LogP) is 4.68. The number of benzene rings is 1. The molecule has 3 rings (SSSR count). The molecule has 0 aliphatic heterocycles. The molecule has 0 fully saturated rings. The van der Waals surface area contributed by atoms with Crippen LogP contribution in [0.15, 0.2) is 60.9 Å². The number of nitrogens with zero attached hydrogens (tertiary/aromatic N) is 2. The molecule has 0 aliphatic rings. The molecule has 0 aliphatic carbocycles. The van der Waals surface area contributed by atoms with Crippen LogP contribution in [0.5, 0.6) is 23.3 Å². The molecular weight excluding hydrogens is 276 g/mol. The van der Waals surface area contributed by atoms with Crippen LogP contribution in [0.1, 0.15) is 11.1 Å². The third-order valence-electron chi connectivity index (χ3n) is 3.12. The minimum Gasteiger partial charge on any atom is -0.439 e. The molecule has 110 valence electrons. The largest absolute Gasteiger partial charge is 0.439 e. The molecule has 0 spiro atoms. The highest BCUT2D eigenvalue weighted by Gasteiger charge is 2.06. The van der Waals surface area contributed by atoms with Crippen molar-refractivity contribution in [1.82, 2.24) is 9.97 Å². The second kappa shape index (κ2) is 6.26. The van der Waals surface area contributed by atoms with Crippen LogP contribution in [0.2, 0.25) is 0 Å². The molecule has 0 unspecified atom stereocenters. The van der Waals surface area contributed by atoms with Crippen LogP contribution in [-0.2, 0) is 0 Å². The van der Waals surface area contributed by atoms with Crippen molar-refractivity contribution in [3.63, 3.8) is 0 Å². The average Bonchev–Trinajstić information content (AvgIpc) is 2.54. The van der Waals surface area contributed by atoms with E-state index in [1.165, 1.54) is 0 Å². The Balaban J connectivity index is 1.82. The maximum atomic E-state index is 5.83. The minimum atomic E-state index is 0.547. The topological polar surface area (TPSA) is 44.2 Å². The third-order valence-corrected chi connectivity index (χ3v) is 3.12. The van der Waals surface area contributed by atoms with E-state index in [1.54, 1.807) is 12.4 Å². The van der Waals surface area contributed by atoms with E-state index in [0.717, 1.165) is 11.1 Å². The van der Waals surface area contributed by atoms with Crippen LogP contribution in [0.3, 0.4) is 0 Å². The standard InChI is InChI=1S/C18H16N2O2/c1-13-6-9-18(20-12-13)22-16-11-15(8-7-14(16)2)21-17-5-3-4-10-19-17/h3-12H,1-2H3. The summed E-state index contributed by atoms with van der Waals surface area (Å²) in [5, 5.41) is 0. The summed E-state index contributed by atoms with van der Waals surface area (Å²) in [5.74, 6) is 2.49. The van der Waals surface area contributed by atoms with Gasteiger partial charge in [-0.2, -0.15) is 0 Å². The molecule has 0 atom stereocenters. The van der Waals surface area contributed by atoms with Crippen molar-refractivity contribution < 1.29 is 9.47 Å². The molecule has 3 aromatic rings. The van der Waals surface area contributed by atoms with Gasteiger partial charge in [-0.3, -0.25) is 0 Å². The minimum absolute atomic E-state index is 0.547. The summed E-state index contributed by atoms with van der Waals surface area (Å²) in [6.07, 6.45) is 3.47. The number of hydrogen-bond acceptors (Lipinski definition) is 4. The van der Waals surface area contributed by atoms with Crippen LogP contribution in [0, 0.1) is 13.8 Å². The maximum absolute atomic E-state index is 5.83. The van der Waals surface area contributed by atoms with E-state index in [1.807, 2.05) is 62.4 Å². The van der Waals surface area contributed by atoms with E-state index in [2.05, 4.69) is 9.97 Å². The summed E-state index contributed by atoms with van der Waals surface area (Å²) in [7, 11) is 0. The zero-order valence-corrected chi connectivity index (χ0v) is 12.5. The van der Waals surface area contributed by atoms with Gasteiger partial charge in [0.1, 0.15) is 11.5 Å². The SMILES string of the molecule is Cc1ccc(Oc2cc(Oc3ccccn3)ccc2C)nc1. The van der Waals surface area contributed by atoms with Gasteiger partial charge in [-0.15, -0.1) is 0 Å². The molecule has 0 bridgehead atoms. The first kappa shape index (κ1) is 14.1. The third kappa shape index (κ3) is 3.41. The lowest BCUT2D eigenvalue weighted by Crippen LogP contribution is -1.92. The van der Waals surface area contributed by atoms with Crippen LogP contribution in [0.4, 0.5) is 0 Å². The Kier molecular flexibility index (Phi) is 4.01.